The van der Waals surface area contributed by atoms with Crippen molar-refractivity contribution in [1.29, 1.82) is 0 Å². The number of hydrogen-bond acceptors (Lipinski definition) is 4. The van der Waals surface area contributed by atoms with Crippen molar-refractivity contribution in [1.82, 2.24) is 4.57 Å². The van der Waals surface area contributed by atoms with E-state index in [1.165, 1.54) is 24.3 Å². The zero-order valence-corrected chi connectivity index (χ0v) is 16.1. The first-order valence-corrected chi connectivity index (χ1v) is 9.22. The molecule has 0 saturated heterocycles. The van der Waals surface area contributed by atoms with Crippen molar-refractivity contribution in [3.05, 3.63) is 111 Å². The van der Waals surface area contributed by atoms with Crippen LogP contribution in [0.4, 0.5) is 11.4 Å². The number of rotatable bonds is 5. The van der Waals surface area contributed by atoms with Crippen LogP contribution < -0.4 is 0 Å². The Morgan fingerprint density at radius 2 is 1.00 bits per heavy atom. The Bertz CT molecular complexity index is 1150. The van der Waals surface area contributed by atoms with Crippen LogP contribution in [-0.2, 0) is 0 Å². The summed E-state index contributed by atoms with van der Waals surface area (Å²) in [6.07, 6.45) is 0. The SMILES string of the molecule is Cc1ccc(-n2c(-c3ccc([N+](=O)[O-])cc3)ccc2-c2ccc([N+](=O)[O-])cc2)cc1. The second-order valence-electron chi connectivity index (χ2n) is 6.88. The van der Waals surface area contributed by atoms with E-state index in [0.717, 1.165) is 33.8 Å². The zero-order chi connectivity index (χ0) is 21.3. The third kappa shape index (κ3) is 3.56. The van der Waals surface area contributed by atoms with E-state index in [2.05, 4.69) is 0 Å². The molecule has 0 amide bonds. The second kappa shape index (κ2) is 7.63. The highest BCUT2D eigenvalue weighted by atomic mass is 16.6. The lowest BCUT2D eigenvalue weighted by molar-refractivity contribution is -0.385. The maximum atomic E-state index is 11.0. The molecule has 1 aromatic heterocycles. The summed E-state index contributed by atoms with van der Waals surface area (Å²) in [6.45, 7) is 2.01. The molecule has 0 bridgehead atoms. The summed E-state index contributed by atoms with van der Waals surface area (Å²) < 4.78 is 2.04. The van der Waals surface area contributed by atoms with E-state index >= 15 is 0 Å². The number of hydrogen-bond donors (Lipinski definition) is 0. The number of nitrogens with zero attached hydrogens (tertiary/aromatic N) is 3. The average Bonchev–Trinajstić information content (AvgIpc) is 3.19. The van der Waals surface area contributed by atoms with Gasteiger partial charge in [0.1, 0.15) is 0 Å². The van der Waals surface area contributed by atoms with Crippen LogP contribution in [0.2, 0.25) is 0 Å². The molecule has 30 heavy (non-hydrogen) atoms. The van der Waals surface area contributed by atoms with Crippen molar-refractivity contribution in [2.24, 2.45) is 0 Å². The Balaban J connectivity index is 1.88. The topological polar surface area (TPSA) is 91.2 Å². The summed E-state index contributed by atoms with van der Waals surface area (Å²) in [4.78, 5) is 21.1. The van der Waals surface area contributed by atoms with Gasteiger partial charge in [-0.15, -0.1) is 0 Å². The Hall–Kier alpha value is -4.26. The highest BCUT2D eigenvalue weighted by molar-refractivity contribution is 5.74. The number of aromatic nitrogens is 1. The monoisotopic (exact) mass is 399 g/mol. The van der Waals surface area contributed by atoms with Crippen molar-refractivity contribution in [2.45, 2.75) is 6.92 Å². The van der Waals surface area contributed by atoms with E-state index in [9.17, 15) is 20.2 Å². The average molecular weight is 399 g/mol. The molecule has 0 radical (unpaired) electrons. The lowest BCUT2D eigenvalue weighted by atomic mass is 10.1. The van der Waals surface area contributed by atoms with Crippen molar-refractivity contribution < 1.29 is 9.85 Å². The first-order chi connectivity index (χ1) is 14.4. The fraction of sp³-hybridized carbons (Fsp3) is 0.0435. The minimum Gasteiger partial charge on any atom is -0.309 e. The molecule has 0 aliphatic rings. The number of nitro benzene ring substituents is 2. The van der Waals surface area contributed by atoms with Gasteiger partial charge in [-0.3, -0.25) is 20.2 Å². The van der Waals surface area contributed by atoms with Gasteiger partial charge in [0.15, 0.2) is 0 Å². The Kier molecular flexibility index (Phi) is 4.85. The van der Waals surface area contributed by atoms with Crippen LogP contribution in [0.5, 0.6) is 0 Å². The maximum Gasteiger partial charge on any atom is 0.269 e. The van der Waals surface area contributed by atoms with Crippen molar-refractivity contribution in [3.8, 4) is 28.2 Å². The van der Waals surface area contributed by atoms with Crippen molar-refractivity contribution >= 4 is 11.4 Å². The number of aryl methyl sites for hydroxylation is 1. The van der Waals surface area contributed by atoms with Crippen LogP contribution >= 0.6 is 0 Å². The van der Waals surface area contributed by atoms with Gasteiger partial charge >= 0.3 is 0 Å². The highest BCUT2D eigenvalue weighted by Crippen LogP contribution is 2.33. The van der Waals surface area contributed by atoms with Gasteiger partial charge in [-0.05, 0) is 66.6 Å². The molecule has 3 aromatic carbocycles. The van der Waals surface area contributed by atoms with Gasteiger partial charge in [0.05, 0.1) is 21.2 Å². The van der Waals surface area contributed by atoms with Gasteiger partial charge in [0.2, 0.25) is 0 Å². The van der Waals surface area contributed by atoms with E-state index in [4.69, 9.17) is 0 Å². The molecule has 4 aromatic rings. The molecule has 4 rings (SSSR count). The molecular formula is C23H17N3O4. The van der Waals surface area contributed by atoms with Crippen LogP contribution in [0.3, 0.4) is 0 Å². The predicted octanol–water partition coefficient (Wildman–Crippen LogP) is 5.94. The fourth-order valence-electron chi connectivity index (χ4n) is 3.37. The predicted molar refractivity (Wildman–Crippen MR) is 115 cm³/mol. The zero-order valence-electron chi connectivity index (χ0n) is 16.1. The molecule has 0 aliphatic carbocycles. The fourth-order valence-corrected chi connectivity index (χ4v) is 3.37. The van der Waals surface area contributed by atoms with E-state index in [1.54, 1.807) is 24.3 Å². The lowest BCUT2D eigenvalue weighted by Crippen LogP contribution is -2.00. The van der Waals surface area contributed by atoms with Crippen LogP contribution in [0.15, 0.2) is 84.9 Å². The molecule has 0 unspecified atom stereocenters. The van der Waals surface area contributed by atoms with Crippen LogP contribution in [0, 0.1) is 27.2 Å². The lowest BCUT2D eigenvalue weighted by Gasteiger charge is -2.15. The molecular weight excluding hydrogens is 382 g/mol. The van der Waals surface area contributed by atoms with Gasteiger partial charge in [-0.2, -0.15) is 0 Å². The Labute approximate surface area is 172 Å². The Morgan fingerprint density at radius 3 is 1.37 bits per heavy atom. The third-order valence-electron chi connectivity index (χ3n) is 4.92. The normalized spacial score (nSPS) is 10.7. The third-order valence-corrected chi connectivity index (χ3v) is 4.92. The quantitative estimate of drug-likeness (QED) is 0.307. The van der Waals surface area contributed by atoms with Crippen LogP contribution in [0.25, 0.3) is 28.2 Å². The van der Waals surface area contributed by atoms with Crippen molar-refractivity contribution in [2.75, 3.05) is 0 Å². The highest BCUT2D eigenvalue weighted by Gasteiger charge is 2.16. The maximum absolute atomic E-state index is 11.0. The summed E-state index contributed by atoms with van der Waals surface area (Å²) in [6, 6.07) is 24.7. The molecule has 0 saturated carbocycles. The standard InChI is InChI=1S/C23H17N3O4/c1-16-2-8-19(9-3-16)24-22(17-4-10-20(11-5-17)25(27)28)14-15-23(24)18-6-12-21(13-7-18)26(29)30/h2-15H,1H3. The first kappa shape index (κ1) is 19.1. The van der Waals surface area contributed by atoms with E-state index < -0.39 is 9.85 Å². The number of non-ortho nitro benzene ring substituents is 2. The van der Waals surface area contributed by atoms with Crippen LogP contribution in [-0.4, -0.2) is 14.4 Å². The van der Waals surface area contributed by atoms with Gasteiger partial charge in [0, 0.05) is 30.0 Å². The molecule has 7 nitrogen and oxygen atoms in total. The van der Waals surface area contributed by atoms with E-state index in [1.807, 2.05) is 47.9 Å². The summed E-state index contributed by atoms with van der Waals surface area (Å²) in [5.41, 5.74) is 5.49. The van der Waals surface area contributed by atoms with Gasteiger partial charge in [0.25, 0.3) is 11.4 Å². The van der Waals surface area contributed by atoms with Gasteiger partial charge in [-0.25, -0.2) is 0 Å². The summed E-state index contributed by atoms with van der Waals surface area (Å²) in [7, 11) is 0. The largest absolute Gasteiger partial charge is 0.309 e. The molecule has 0 spiro atoms. The first-order valence-electron chi connectivity index (χ1n) is 9.22. The molecule has 148 valence electrons. The van der Waals surface area contributed by atoms with Gasteiger partial charge < -0.3 is 4.57 Å². The van der Waals surface area contributed by atoms with Gasteiger partial charge in [-0.1, -0.05) is 17.7 Å². The second-order valence-corrected chi connectivity index (χ2v) is 6.88. The summed E-state index contributed by atoms with van der Waals surface area (Å²) >= 11 is 0. The minimum absolute atomic E-state index is 0.0304. The van der Waals surface area contributed by atoms with E-state index in [-0.39, 0.29) is 11.4 Å². The van der Waals surface area contributed by atoms with E-state index in [0.29, 0.717) is 0 Å². The molecule has 0 N–H and O–H groups in total. The number of nitro groups is 2. The molecule has 7 heteroatoms. The number of benzene rings is 3. The smallest absolute Gasteiger partial charge is 0.269 e. The summed E-state index contributed by atoms with van der Waals surface area (Å²) in [5.74, 6) is 0. The molecule has 0 atom stereocenters. The van der Waals surface area contributed by atoms with Crippen molar-refractivity contribution in [3.63, 3.8) is 0 Å². The molecule has 0 aliphatic heterocycles. The Morgan fingerprint density at radius 1 is 0.600 bits per heavy atom. The molecule has 1 heterocycles. The van der Waals surface area contributed by atoms with Crippen LogP contribution in [0.1, 0.15) is 5.56 Å². The minimum atomic E-state index is -0.425. The summed E-state index contributed by atoms with van der Waals surface area (Å²) in [5, 5.41) is 22.0. The molecule has 0 fully saturated rings.